The number of nitrogens with zero attached hydrogens (tertiary/aromatic N) is 3. The van der Waals surface area contributed by atoms with Gasteiger partial charge >= 0.3 is 6.18 Å². The van der Waals surface area contributed by atoms with Crippen molar-refractivity contribution in [3.05, 3.63) is 11.6 Å². The Kier molecular flexibility index (Phi) is 6.87. The molecule has 0 bridgehead atoms. The summed E-state index contributed by atoms with van der Waals surface area (Å²) in [4.78, 5) is 23.8. The number of halogens is 3. The Morgan fingerprint density at radius 1 is 1.36 bits per heavy atom. The van der Waals surface area contributed by atoms with Gasteiger partial charge in [0.15, 0.2) is 5.82 Å². The van der Waals surface area contributed by atoms with Crippen LogP contribution in [0.2, 0.25) is 0 Å². The maximum absolute atomic E-state index is 12.6. The SMILES string of the molecule is CC(=O)O.NC(=O)Cc1nc([C@H]2C[C@H](N)[C@@H](O)C2)n(CC(F)(F)F)n1. The van der Waals surface area contributed by atoms with Crippen molar-refractivity contribution in [3.8, 4) is 0 Å². The number of nitrogens with two attached hydrogens (primary N) is 2. The number of primary amides is 1. The first-order chi connectivity index (χ1) is 11.4. The average molecular weight is 367 g/mol. The van der Waals surface area contributed by atoms with Gasteiger partial charge in [-0.3, -0.25) is 9.59 Å². The van der Waals surface area contributed by atoms with E-state index in [1.807, 2.05) is 0 Å². The molecule has 1 aromatic rings. The van der Waals surface area contributed by atoms with Crippen LogP contribution in [0.1, 0.15) is 37.3 Å². The zero-order valence-corrected chi connectivity index (χ0v) is 13.4. The number of amides is 1. The van der Waals surface area contributed by atoms with Crippen molar-refractivity contribution in [2.45, 2.75) is 57.0 Å². The Balaban J connectivity index is 0.000000705. The molecule has 0 radical (unpaired) electrons. The van der Waals surface area contributed by atoms with E-state index in [-0.39, 0.29) is 24.5 Å². The average Bonchev–Trinajstić information content (AvgIpc) is 2.90. The molecule has 1 aromatic heterocycles. The maximum atomic E-state index is 12.6. The Labute approximate surface area is 140 Å². The number of carbonyl (C=O) groups is 2. The van der Waals surface area contributed by atoms with Gasteiger partial charge in [-0.1, -0.05) is 0 Å². The summed E-state index contributed by atoms with van der Waals surface area (Å²) in [6, 6.07) is -0.509. The second-order valence-corrected chi connectivity index (χ2v) is 5.72. The van der Waals surface area contributed by atoms with Crippen LogP contribution in [0.5, 0.6) is 0 Å². The minimum atomic E-state index is -4.47. The van der Waals surface area contributed by atoms with Crippen molar-refractivity contribution in [1.29, 1.82) is 0 Å². The number of carbonyl (C=O) groups excluding carboxylic acids is 1. The van der Waals surface area contributed by atoms with Crippen LogP contribution in [0.4, 0.5) is 13.2 Å². The minimum Gasteiger partial charge on any atom is -0.481 e. The van der Waals surface area contributed by atoms with Crippen molar-refractivity contribution < 1.29 is 33.0 Å². The molecule has 9 nitrogen and oxygen atoms in total. The zero-order valence-electron chi connectivity index (χ0n) is 13.4. The first-order valence-corrected chi connectivity index (χ1v) is 7.31. The summed E-state index contributed by atoms with van der Waals surface area (Å²) >= 11 is 0. The quantitative estimate of drug-likeness (QED) is 0.560. The summed E-state index contributed by atoms with van der Waals surface area (Å²) < 4.78 is 38.5. The maximum Gasteiger partial charge on any atom is 0.408 e. The number of aromatic nitrogens is 3. The lowest BCUT2D eigenvalue weighted by Gasteiger charge is -2.12. The third-order valence-corrected chi connectivity index (χ3v) is 3.35. The monoisotopic (exact) mass is 367 g/mol. The molecule has 0 saturated heterocycles. The van der Waals surface area contributed by atoms with Crippen LogP contribution in [-0.2, 0) is 22.6 Å². The lowest BCUT2D eigenvalue weighted by atomic mass is 10.1. The predicted octanol–water partition coefficient (Wildman–Crippen LogP) is -0.475. The standard InChI is InChI=1S/C11H16F3N5O2.C2H4O2/c12-11(13,14)4-19-10(5-1-6(15)7(20)2-5)17-9(18-19)3-8(16)21;1-2(3)4/h5-7,20H,1-4,15H2,(H2,16,21);1H3,(H,3,4)/t5-,6-,7-;/m0./s1. The van der Waals surface area contributed by atoms with Crippen LogP contribution in [0, 0.1) is 0 Å². The third-order valence-electron chi connectivity index (χ3n) is 3.35. The van der Waals surface area contributed by atoms with Gasteiger partial charge in [-0.2, -0.15) is 18.3 Å². The predicted molar refractivity (Wildman–Crippen MR) is 78.2 cm³/mol. The Hall–Kier alpha value is -2.21. The molecule has 0 aliphatic heterocycles. The molecule has 6 N–H and O–H groups in total. The Bertz CT molecular complexity index is 605. The van der Waals surface area contributed by atoms with Crippen molar-refractivity contribution in [2.75, 3.05) is 0 Å². The number of carboxylic acid groups (broad SMARTS) is 1. The number of aliphatic hydroxyl groups excluding tert-OH is 1. The van der Waals surface area contributed by atoms with Crippen molar-refractivity contribution in [1.82, 2.24) is 14.8 Å². The second-order valence-electron chi connectivity index (χ2n) is 5.72. The van der Waals surface area contributed by atoms with E-state index in [1.165, 1.54) is 0 Å². The fourth-order valence-corrected chi connectivity index (χ4v) is 2.48. The number of alkyl halides is 3. The molecule has 1 heterocycles. The molecular formula is C13H20F3N5O4. The highest BCUT2D eigenvalue weighted by Crippen LogP contribution is 2.33. The van der Waals surface area contributed by atoms with Gasteiger partial charge in [-0.15, -0.1) is 0 Å². The van der Waals surface area contributed by atoms with E-state index < -0.39 is 42.7 Å². The smallest absolute Gasteiger partial charge is 0.408 e. The van der Waals surface area contributed by atoms with Crippen molar-refractivity contribution >= 4 is 11.9 Å². The molecule has 12 heteroatoms. The number of hydrogen-bond acceptors (Lipinski definition) is 6. The zero-order chi connectivity index (χ0) is 19.4. The topological polar surface area (TPSA) is 157 Å². The van der Waals surface area contributed by atoms with Gasteiger partial charge in [0.25, 0.3) is 5.97 Å². The fourth-order valence-electron chi connectivity index (χ4n) is 2.48. The highest BCUT2D eigenvalue weighted by molar-refractivity contribution is 5.75. The van der Waals surface area contributed by atoms with Gasteiger partial charge in [-0.25, -0.2) is 9.67 Å². The first kappa shape index (κ1) is 20.8. The van der Waals surface area contributed by atoms with Gasteiger partial charge < -0.3 is 21.7 Å². The normalized spacial score (nSPS) is 23.0. The summed E-state index contributed by atoms with van der Waals surface area (Å²) in [7, 11) is 0. The molecule has 1 aliphatic rings. The molecule has 1 saturated carbocycles. The molecule has 3 atom stereocenters. The van der Waals surface area contributed by atoms with Gasteiger partial charge in [-0.05, 0) is 12.8 Å². The van der Waals surface area contributed by atoms with Crippen LogP contribution in [0.25, 0.3) is 0 Å². The van der Waals surface area contributed by atoms with Gasteiger partial charge in [0.05, 0.1) is 12.5 Å². The molecule has 1 fully saturated rings. The van der Waals surface area contributed by atoms with E-state index in [1.54, 1.807) is 0 Å². The van der Waals surface area contributed by atoms with E-state index in [4.69, 9.17) is 21.4 Å². The first-order valence-electron chi connectivity index (χ1n) is 7.31. The largest absolute Gasteiger partial charge is 0.481 e. The van der Waals surface area contributed by atoms with Gasteiger partial charge in [0.1, 0.15) is 12.4 Å². The summed E-state index contributed by atoms with van der Waals surface area (Å²) in [6.45, 7) is -0.226. The van der Waals surface area contributed by atoms with E-state index in [0.717, 1.165) is 6.92 Å². The van der Waals surface area contributed by atoms with Crippen molar-refractivity contribution in [2.24, 2.45) is 11.5 Å². The molecule has 142 valence electrons. The number of carboxylic acids is 1. The number of rotatable bonds is 4. The summed E-state index contributed by atoms with van der Waals surface area (Å²) in [5.41, 5.74) is 10.7. The van der Waals surface area contributed by atoms with Crippen LogP contribution in [-0.4, -0.2) is 55.2 Å². The molecular weight excluding hydrogens is 347 g/mol. The van der Waals surface area contributed by atoms with Gasteiger partial charge in [0.2, 0.25) is 5.91 Å². The van der Waals surface area contributed by atoms with Crippen LogP contribution in [0.15, 0.2) is 0 Å². The summed E-state index contributed by atoms with van der Waals surface area (Å²) in [5, 5.41) is 20.7. The lowest BCUT2D eigenvalue weighted by Crippen LogP contribution is -2.28. The summed E-state index contributed by atoms with van der Waals surface area (Å²) in [6.07, 6.45) is -5.06. The molecule has 2 rings (SSSR count). The van der Waals surface area contributed by atoms with Crippen molar-refractivity contribution in [3.63, 3.8) is 0 Å². The van der Waals surface area contributed by atoms with Gasteiger partial charge in [0, 0.05) is 18.9 Å². The number of hydrogen-bond donors (Lipinski definition) is 4. The third kappa shape index (κ3) is 7.05. The second kappa shape index (κ2) is 8.25. The van der Waals surface area contributed by atoms with Crippen LogP contribution in [0.3, 0.4) is 0 Å². The highest BCUT2D eigenvalue weighted by atomic mass is 19.4. The Morgan fingerprint density at radius 2 is 1.92 bits per heavy atom. The molecule has 0 unspecified atom stereocenters. The Morgan fingerprint density at radius 3 is 2.32 bits per heavy atom. The molecule has 0 spiro atoms. The van der Waals surface area contributed by atoms with E-state index in [0.29, 0.717) is 11.1 Å². The lowest BCUT2D eigenvalue weighted by molar-refractivity contribution is -0.143. The fraction of sp³-hybridized carbons (Fsp3) is 0.692. The molecule has 0 aromatic carbocycles. The number of aliphatic hydroxyl groups is 1. The number of aliphatic carboxylic acids is 1. The van der Waals surface area contributed by atoms with Crippen LogP contribution >= 0.6 is 0 Å². The van der Waals surface area contributed by atoms with E-state index >= 15 is 0 Å². The molecule has 1 amide bonds. The summed E-state index contributed by atoms with van der Waals surface area (Å²) in [5.74, 6) is -1.97. The van der Waals surface area contributed by atoms with E-state index in [2.05, 4.69) is 10.1 Å². The van der Waals surface area contributed by atoms with Crippen LogP contribution < -0.4 is 11.5 Å². The molecule has 1 aliphatic carbocycles. The van der Waals surface area contributed by atoms with E-state index in [9.17, 15) is 23.1 Å². The minimum absolute atomic E-state index is 0.0586. The molecule has 25 heavy (non-hydrogen) atoms. The highest BCUT2D eigenvalue weighted by Gasteiger charge is 2.37.